The van der Waals surface area contributed by atoms with Gasteiger partial charge < -0.3 is 20.5 Å². The van der Waals surface area contributed by atoms with E-state index in [2.05, 4.69) is 20.6 Å². The Hall–Kier alpha value is -2.94. The summed E-state index contributed by atoms with van der Waals surface area (Å²) in [5, 5.41) is 5.84. The average Bonchev–Trinajstić information content (AvgIpc) is 3.46. The van der Waals surface area contributed by atoms with Gasteiger partial charge in [-0.1, -0.05) is 25.3 Å². The van der Waals surface area contributed by atoms with Gasteiger partial charge in [0.05, 0.1) is 20.7 Å². The molecule has 3 amide bonds. The van der Waals surface area contributed by atoms with Gasteiger partial charge in [-0.05, 0) is 44.2 Å². The lowest BCUT2D eigenvalue weighted by Crippen LogP contribution is -2.37. The Morgan fingerprint density at radius 1 is 1.12 bits per heavy atom. The van der Waals surface area contributed by atoms with Crippen LogP contribution in [0.1, 0.15) is 71.4 Å². The van der Waals surface area contributed by atoms with Crippen LogP contribution in [0.2, 0.25) is 0 Å². The number of thiophene rings is 1. The van der Waals surface area contributed by atoms with Crippen LogP contribution < -0.4 is 10.6 Å². The molecule has 0 aromatic carbocycles. The van der Waals surface area contributed by atoms with E-state index in [1.807, 2.05) is 18.0 Å². The third-order valence-electron chi connectivity index (χ3n) is 6.59. The van der Waals surface area contributed by atoms with Crippen molar-refractivity contribution in [3.8, 4) is 0 Å². The molecule has 0 spiro atoms. The molecular weight excluding hydrogens is 438 g/mol. The molecule has 33 heavy (non-hydrogen) atoms. The molecule has 2 aromatic heterocycles. The van der Waals surface area contributed by atoms with Crippen LogP contribution in [0, 0.1) is 0 Å². The van der Waals surface area contributed by atoms with E-state index < -0.39 is 0 Å². The number of anilines is 1. The van der Waals surface area contributed by atoms with Crippen LogP contribution in [0.15, 0.2) is 23.2 Å². The smallest absolute Gasteiger partial charge is 0.274 e. The summed E-state index contributed by atoms with van der Waals surface area (Å²) in [4.78, 5) is 48.9. The minimum absolute atomic E-state index is 0.0164. The van der Waals surface area contributed by atoms with Crippen LogP contribution in [0.4, 0.5) is 5.82 Å². The summed E-state index contributed by atoms with van der Waals surface area (Å²) in [6, 6.07) is 2.24. The van der Waals surface area contributed by atoms with Crippen LogP contribution in [-0.4, -0.2) is 59.0 Å². The van der Waals surface area contributed by atoms with Crippen molar-refractivity contribution in [2.75, 3.05) is 18.9 Å². The summed E-state index contributed by atoms with van der Waals surface area (Å²) in [5.74, 6) is -0.256. The van der Waals surface area contributed by atoms with E-state index in [0.717, 1.165) is 44.9 Å². The molecule has 0 unspecified atom stereocenters. The molecule has 9 heteroatoms. The lowest BCUT2D eigenvalue weighted by Gasteiger charge is -2.30. The quantitative estimate of drug-likeness (QED) is 0.600. The van der Waals surface area contributed by atoms with Crippen molar-refractivity contribution in [3.63, 3.8) is 0 Å². The van der Waals surface area contributed by atoms with Gasteiger partial charge in [-0.3, -0.25) is 19.4 Å². The highest BCUT2D eigenvalue weighted by Gasteiger charge is 2.30. The number of aromatic amines is 1. The molecule has 8 nitrogen and oxygen atoms in total. The highest BCUT2D eigenvalue weighted by molar-refractivity contribution is 7.21. The van der Waals surface area contributed by atoms with E-state index in [1.54, 1.807) is 12.1 Å². The molecule has 2 aromatic rings. The standard InChI is InChI=1S/C24H29N5O3S/c1-29(15-7-3-2-4-8-15)24(32)18-13-17-20(33-18)19(23(31)26-14-10-11-14)21(27-17)28-22(30)16-9-5-6-12-25-16/h5,9,13-15,27H,2-4,6-8,10-12H2,1H3,(H,26,31)(H,28,30). The predicted molar refractivity (Wildman–Crippen MR) is 130 cm³/mol. The van der Waals surface area contributed by atoms with Gasteiger partial charge in [0, 0.05) is 25.7 Å². The highest BCUT2D eigenvalue weighted by Crippen LogP contribution is 2.35. The number of amides is 3. The number of carbonyl (C=O) groups excluding carboxylic acids is 3. The lowest BCUT2D eigenvalue weighted by atomic mass is 9.94. The van der Waals surface area contributed by atoms with E-state index in [-0.39, 0.29) is 29.8 Å². The minimum atomic E-state index is -0.353. The number of nitrogens with zero attached hydrogens (tertiary/aromatic N) is 2. The summed E-state index contributed by atoms with van der Waals surface area (Å²) in [6.07, 6.45) is 12.0. The molecule has 0 atom stereocenters. The lowest BCUT2D eigenvalue weighted by molar-refractivity contribution is -0.110. The number of aromatic nitrogens is 1. The van der Waals surface area contributed by atoms with Crippen molar-refractivity contribution < 1.29 is 14.4 Å². The van der Waals surface area contributed by atoms with Gasteiger partial charge in [-0.2, -0.15) is 0 Å². The van der Waals surface area contributed by atoms with E-state index in [1.165, 1.54) is 17.8 Å². The van der Waals surface area contributed by atoms with Gasteiger partial charge in [0.15, 0.2) is 0 Å². The maximum atomic E-state index is 13.2. The number of hydrogen-bond donors (Lipinski definition) is 3. The molecule has 0 radical (unpaired) electrons. The van der Waals surface area contributed by atoms with Crippen molar-refractivity contribution in [2.45, 2.75) is 63.5 Å². The van der Waals surface area contributed by atoms with E-state index in [4.69, 9.17) is 0 Å². The van der Waals surface area contributed by atoms with Crippen molar-refractivity contribution in [1.29, 1.82) is 0 Å². The van der Waals surface area contributed by atoms with Crippen molar-refractivity contribution in [2.24, 2.45) is 4.99 Å². The Morgan fingerprint density at radius 3 is 2.61 bits per heavy atom. The Labute approximate surface area is 196 Å². The van der Waals surface area contributed by atoms with Gasteiger partial charge in [-0.15, -0.1) is 11.3 Å². The van der Waals surface area contributed by atoms with Gasteiger partial charge in [0.2, 0.25) is 0 Å². The Kier molecular flexibility index (Phi) is 6.05. The normalized spacial score (nSPS) is 18.8. The molecular formula is C24H29N5O3S. The minimum Gasteiger partial charge on any atom is -0.349 e. The summed E-state index contributed by atoms with van der Waals surface area (Å²) in [6.45, 7) is 0.577. The molecule has 2 aliphatic carbocycles. The number of dihydropyridines is 1. The second-order valence-corrected chi connectivity index (χ2v) is 10.1. The molecule has 3 heterocycles. The van der Waals surface area contributed by atoms with Crippen LogP contribution in [0.5, 0.6) is 0 Å². The second kappa shape index (κ2) is 9.13. The maximum absolute atomic E-state index is 13.2. The van der Waals surface area contributed by atoms with Crippen LogP contribution in [-0.2, 0) is 4.79 Å². The summed E-state index contributed by atoms with van der Waals surface area (Å²) < 4.78 is 0.685. The molecule has 5 rings (SSSR count). The monoisotopic (exact) mass is 467 g/mol. The number of nitrogens with one attached hydrogen (secondary N) is 3. The number of aliphatic imine (C=N–C) groups is 1. The van der Waals surface area contributed by atoms with Crippen molar-refractivity contribution in [1.82, 2.24) is 15.2 Å². The number of fused-ring (bicyclic) bond motifs is 1. The van der Waals surface area contributed by atoms with E-state index >= 15 is 0 Å². The summed E-state index contributed by atoms with van der Waals surface area (Å²) >= 11 is 1.30. The largest absolute Gasteiger partial charge is 0.349 e. The van der Waals surface area contributed by atoms with Crippen LogP contribution in [0.25, 0.3) is 10.2 Å². The maximum Gasteiger partial charge on any atom is 0.274 e. The second-order valence-electron chi connectivity index (χ2n) is 9.10. The fraction of sp³-hybridized carbons (Fsp3) is 0.500. The molecule has 2 fully saturated rings. The molecule has 1 aliphatic heterocycles. The van der Waals surface area contributed by atoms with Gasteiger partial charge >= 0.3 is 0 Å². The van der Waals surface area contributed by atoms with Gasteiger partial charge in [0.25, 0.3) is 17.7 Å². The fourth-order valence-electron chi connectivity index (χ4n) is 4.52. The number of carbonyl (C=O) groups is 3. The van der Waals surface area contributed by atoms with Crippen molar-refractivity contribution in [3.05, 3.63) is 28.7 Å². The molecule has 0 bridgehead atoms. The molecule has 3 N–H and O–H groups in total. The van der Waals surface area contributed by atoms with Gasteiger partial charge in [0.1, 0.15) is 11.5 Å². The number of H-pyrrole nitrogens is 1. The Bertz CT molecular complexity index is 1150. The first-order valence-corrected chi connectivity index (χ1v) is 12.6. The third kappa shape index (κ3) is 4.59. The number of rotatable bonds is 6. The third-order valence-corrected chi connectivity index (χ3v) is 7.73. The first kappa shape index (κ1) is 21.9. The zero-order chi connectivity index (χ0) is 22.9. The van der Waals surface area contributed by atoms with Crippen LogP contribution >= 0.6 is 11.3 Å². The predicted octanol–water partition coefficient (Wildman–Crippen LogP) is 3.87. The van der Waals surface area contributed by atoms with Crippen LogP contribution in [0.3, 0.4) is 0 Å². The first-order chi connectivity index (χ1) is 16.0. The SMILES string of the molecule is CN(C(=O)c1cc2[nH]c(NC(=O)C3=NCCC=C3)c(C(=O)NC3CC3)c2s1)C1CCCCC1. The average molecular weight is 468 g/mol. The Balaban J connectivity index is 1.43. The molecule has 3 aliphatic rings. The van der Waals surface area contributed by atoms with Gasteiger partial charge in [-0.25, -0.2) is 0 Å². The fourth-order valence-corrected chi connectivity index (χ4v) is 5.67. The topological polar surface area (TPSA) is 107 Å². The molecule has 2 saturated carbocycles. The summed E-state index contributed by atoms with van der Waals surface area (Å²) in [5.41, 5.74) is 1.41. The summed E-state index contributed by atoms with van der Waals surface area (Å²) in [7, 11) is 1.87. The zero-order valence-corrected chi connectivity index (χ0v) is 19.6. The first-order valence-electron chi connectivity index (χ1n) is 11.8. The molecule has 0 saturated heterocycles. The Morgan fingerprint density at radius 2 is 1.91 bits per heavy atom. The molecule has 174 valence electrons. The number of hydrogen-bond acceptors (Lipinski definition) is 5. The van der Waals surface area contributed by atoms with E-state index in [0.29, 0.717) is 38.7 Å². The zero-order valence-electron chi connectivity index (χ0n) is 18.8. The van der Waals surface area contributed by atoms with Crippen molar-refractivity contribution >= 4 is 50.8 Å². The van der Waals surface area contributed by atoms with E-state index in [9.17, 15) is 14.4 Å². The highest BCUT2D eigenvalue weighted by atomic mass is 32.1.